The van der Waals surface area contributed by atoms with Crippen LogP contribution in [0, 0.1) is 0 Å². The molecule has 7 nitrogen and oxygen atoms in total. The fourth-order valence-electron chi connectivity index (χ4n) is 3.33. The number of methoxy groups -OCH3 is 1. The van der Waals surface area contributed by atoms with Crippen molar-refractivity contribution < 1.29 is 14.3 Å². The molecule has 0 saturated carbocycles. The zero-order valence-electron chi connectivity index (χ0n) is 13.7. The highest BCUT2D eigenvalue weighted by atomic mass is 16.5. The van der Waals surface area contributed by atoms with Gasteiger partial charge in [-0.05, 0) is 32.3 Å². The summed E-state index contributed by atoms with van der Waals surface area (Å²) in [5.74, 6) is 1.31. The second kappa shape index (κ2) is 6.62. The van der Waals surface area contributed by atoms with Crippen LogP contribution in [-0.4, -0.2) is 53.0 Å². The van der Waals surface area contributed by atoms with Gasteiger partial charge < -0.3 is 20.1 Å². The molecule has 0 unspecified atom stereocenters. The highest BCUT2D eigenvalue weighted by Gasteiger charge is 2.37. The molecule has 2 N–H and O–H groups in total. The zero-order chi connectivity index (χ0) is 16.4. The lowest BCUT2D eigenvalue weighted by atomic mass is 10.1. The van der Waals surface area contributed by atoms with Gasteiger partial charge in [0.1, 0.15) is 11.6 Å². The van der Waals surface area contributed by atoms with Gasteiger partial charge in [-0.3, -0.25) is 9.48 Å². The van der Waals surface area contributed by atoms with Gasteiger partial charge in [0, 0.05) is 19.9 Å². The Morgan fingerprint density at radius 3 is 3.04 bits per heavy atom. The Morgan fingerprint density at radius 1 is 1.57 bits per heavy atom. The molecule has 3 heterocycles. The molecule has 0 bridgehead atoms. The van der Waals surface area contributed by atoms with Gasteiger partial charge >= 0.3 is 0 Å². The summed E-state index contributed by atoms with van der Waals surface area (Å²) in [7, 11) is 1.69. The zero-order valence-corrected chi connectivity index (χ0v) is 13.7. The van der Waals surface area contributed by atoms with Gasteiger partial charge in [-0.25, -0.2) is 0 Å². The molecule has 2 aliphatic heterocycles. The maximum Gasteiger partial charge on any atom is 0.253 e. The molecule has 0 aliphatic carbocycles. The van der Waals surface area contributed by atoms with Gasteiger partial charge in [-0.15, -0.1) is 0 Å². The maximum absolute atomic E-state index is 13.0. The third-order valence-corrected chi connectivity index (χ3v) is 4.60. The molecular formula is C16H24N4O3. The number of ether oxygens (including phenoxy) is 2. The fourth-order valence-corrected chi connectivity index (χ4v) is 3.33. The van der Waals surface area contributed by atoms with Crippen LogP contribution in [0.3, 0.4) is 0 Å². The number of nitrogens with two attached hydrogens (primary N) is 1. The lowest BCUT2D eigenvalue weighted by molar-refractivity contribution is -0.129. The summed E-state index contributed by atoms with van der Waals surface area (Å²) in [6.45, 7) is 3.79. The molecule has 1 amide bonds. The van der Waals surface area contributed by atoms with Crippen LogP contribution in [0.1, 0.15) is 26.2 Å². The van der Waals surface area contributed by atoms with E-state index in [2.05, 4.69) is 5.10 Å². The van der Waals surface area contributed by atoms with E-state index in [1.54, 1.807) is 17.9 Å². The Labute approximate surface area is 136 Å². The van der Waals surface area contributed by atoms with Crippen molar-refractivity contribution in [2.75, 3.05) is 26.0 Å². The highest BCUT2D eigenvalue weighted by Crippen LogP contribution is 2.27. The molecule has 0 aromatic carbocycles. The lowest BCUT2D eigenvalue weighted by Crippen LogP contribution is -2.40. The lowest BCUT2D eigenvalue weighted by Gasteiger charge is -2.28. The van der Waals surface area contributed by atoms with Gasteiger partial charge in [0.05, 0.1) is 30.9 Å². The fraction of sp³-hybridized carbons (Fsp3) is 0.625. The SMILES string of the molecule is CO[C@@H]1C[C@@H](Cn2ccc(N)n2)N(C(=O)C2=C(C)OCCC2)C1. The van der Waals surface area contributed by atoms with E-state index in [-0.39, 0.29) is 18.1 Å². The number of likely N-dealkylation sites (tertiary alicyclic amines) is 1. The summed E-state index contributed by atoms with van der Waals surface area (Å²) in [6.07, 6.45) is 4.37. The number of amides is 1. The molecule has 3 rings (SSSR count). The van der Waals surface area contributed by atoms with Crippen LogP contribution in [0.15, 0.2) is 23.6 Å². The van der Waals surface area contributed by atoms with Crippen LogP contribution in [0.4, 0.5) is 5.82 Å². The van der Waals surface area contributed by atoms with E-state index >= 15 is 0 Å². The predicted molar refractivity (Wildman–Crippen MR) is 85.4 cm³/mol. The van der Waals surface area contributed by atoms with E-state index in [0.717, 1.165) is 30.6 Å². The monoisotopic (exact) mass is 320 g/mol. The Balaban J connectivity index is 1.78. The molecule has 1 aromatic heterocycles. The minimum absolute atomic E-state index is 0.0500. The summed E-state index contributed by atoms with van der Waals surface area (Å²) in [4.78, 5) is 14.9. The molecule has 1 aromatic rings. The average molecular weight is 320 g/mol. The molecular weight excluding hydrogens is 296 g/mol. The van der Waals surface area contributed by atoms with Crippen molar-refractivity contribution in [1.82, 2.24) is 14.7 Å². The Bertz CT molecular complexity index is 610. The van der Waals surface area contributed by atoms with Crippen molar-refractivity contribution >= 4 is 11.7 Å². The minimum Gasteiger partial charge on any atom is -0.498 e. The van der Waals surface area contributed by atoms with Crippen molar-refractivity contribution in [3.63, 3.8) is 0 Å². The van der Waals surface area contributed by atoms with Crippen LogP contribution in [-0.2, 0) is 20.8 Å². The minimum atomic E-state index is 0.0500. The number of aromatic nitrogens is 2. The van der Waals surface area contributed by atoms with E-state index in [0.29, 0.717) is 25.5 Å². The number of hydrogen-bond donors (Lipinski definition) is 1. The summed E-state index contributed by atoms with van der Waals surface area (Å²) in [5.41, 5.74) is 6.46. The molecule has 2 aliphatic rings. The smallest absolute Gasteiger partial charge is 0.253 e. The first-order chi connectivity index (χ1) is 11.1. The number of hydrogen-bond acceptors (Lipinski definition) is 5. The van der Waals surface area contributed by atoms with Crippen molar-refractivity contribution in [2.24, 2.45) is 0 Å². The molecule has 126 valence electrons. The summed E-state index contributed by atoms with van der Waals surface area (Å²) >= 11 is 0. The van der Waals surface area contributed by atoms with E-state index in [4.69, 9.17) is 15.2 Å². The first-order valence-electron chi connectivity index (χ1n) is 8.03. The van der Waals surface area contributed by atoms with E-state index in [1.807, 2.05) is 18.0 Å². The van der Waals surface area contributed by atoms with Crippen LogP contribution in [0.5, 0.6) is 0 Å². The predicted octanol–water partition coefficient (Wildman–Crippen LogP) is 1.17. The topological polar surface area (TPSA) is 82.6 Å². The van der Waals surface area contributed by atoms with Gasteiger partial charge in [0.2, 0.25) is 0 Å². The quantitative estimate of drug-likeness (QED) is 0.900. The summed E-state index contributed by atoms with van der Waals surface area (Å²) in [6, 6.07) is 1.81. The highest BCUT2D eigenvalue weighted by molar-refractivity contribution is 5.94. The molecule has 1 saturated heterocycles. The van der Waals surface area contributed by atoms with Crippen LogP contribution in [0.2, 0.25) is 0 Å². The molecule has 0 spiro atoms. The Morgan fingerprint density at radius 2 is 2.39 bits per heavy atom. The van der Waals surface area contributed by atoms with Crippen molar-refractivity contribution in [3.8, 4) is 0 Å². The molecule has 7 heteroatoms. The summed E-state index contributed by atoms with van der Waals surface area (Å²) < 4.78 is 12.8. The standard InChI is InChI=1S/C16H24N4O3/c1-11-14(4-3-7-23-11)16(21)20-10-13(22-2)8-12(20)9-19-6-5-15(17)18-19/h5-6,12-13H,3-4,7-10H2,1-2H3,(H2,17,18)/t12-,13+/m0/s1. The third kappa shape index (κ3) is 3.34. The van der Waals surface area contributed by atoms with Crippen molar-refractivity contribution in [2.45, 2.75) is 44.9 Å². The van der Waals surface area contributed by atoms with Gasteiger partial charge in [-0.2, -0.15) is 5.10 Å². The second-order valence-corrected chi connectivity index (χ2v) is 6.15. The van der Waals surface area contributed by atoms with Gasteiger partial charge in [0.15, 0.2) is 0 Å². The van der Waals surface area contributed by atoms with Gasteiger partial charge in [0.25, 0.3) is 5.91 Å². The molecule has 23 heavy (non-hydrogen) atoms. The number of carbonyl (C=O) groups excluding carboxylic acids is 1. The molecule has 1 fully saturated rings. The third-order valence-electron chi connectivity index (χ3n) is 4.60. The van der Waals surface area contributed by atoms with Gasteiger partial charge in [-0.1, -0.05) is 0 Å². The normalized spacial score (nSPS) is 24.9. The first kappa shape index (κ1) is 15.9. The average Bonchev–Trinajstić information content (AvgIpc) is 3.13. The van der Waals surface area contributed by atoms with Crippen LogP contribution in [0.25, 0.3) is 0 Å². The molecule has 2 atom stereocenters. The van der Waals surface area contributed by atoms with Crippen LogP contribution < -0.4 is 5.73 Å². The largest absolute Gasteiger partial charge is 0.498 e. The number of allylic oxidation sites excluding steroid dienone is 1. The number of nitrogen functional groups attached to an aromatic ring is 1. The molecule has 0 radical (unpaired) electrons. The summed E-state index contributed by atoms with van der Waals surface area (Å²) in [5, 5.41) is 4.23. The maximum atomic E-state index is 13.0. The number of nitrogens with zero attached hydrogens (tertiary/aromatic N) is 3. The number of anilines is 1. The van der Waals surface area contributed by atoms with Crippen molar-refractivity contribution in [1.29, 1.82) is 0 Å². The Kier molecular flexibility index (Phi) is 4.56. The second-order valence-electron chi connectivity index (χ2n) is 6.15. The van der Waals surface area contributed by atoms with E-state index in [9.17, 15) is 4.79 Å². The van der Waals surface area contributed by atoms with Crippen molar-refractivity contribution in [3.05, 3.63) is 23.6 Å². The Hall–Kier alpha value is -2.02. The van der Waals surface area contributed by atoms with Crippen LogP contribution >= 0.6 is 0 Å². The number of carbonyl (C=O) groups is 1. The van der Waals surface area contributed by atoms with E-state index < -0.39 is 0 Å². The number of rotatable bonds is 4. The first-order valence-corrected chi connectivity index (χ1v) is 8.03. The van der Waals surface area contributed by atoms with E-state index in [1.165, 1.54) is 0 Å².